The zero-order valence-corrected chi connectivity index (χ0v) is 9.10. The molecule has 0 aromatic heterocycles. The first kappa shape index (κ1) is 12.5. The molecule has 0 radical (unpaired) electrons. The summed E-state index contributed by atoms with van der Waals surface area (Å²) in [7, 11) is 0. The molecule has 0 aliphatic heterocycles. The molecular formula is C10H5ClN4O2. The third-order valence-electron chi connectivity index (χ3n) is 1.78. The summed E-state index contributed by atoms with van der Waals surface area (Å²) in [6, 6.07) is 7.56. The molecule has 0 aliphatic carbocycles. The van der Waals surface area contributed by atoms with Crippen LogP contribution < -0.4 is 5.32 Å². The Bertz CT molecular complexity index is 553. The lowest BCUT2D eigenvalue weighted by Gasteiger charge is -2.03. The van der Waals surface area contributed by atoms with E-state index in [1.54, 1.807) is 12.1 Å². The summed E-state index contributed by atoms with van der Waals surface area (Å²) in [6.07, 6.45) is 1.08. The predicted molar refractivity (Wildman–Crippen MR) is 61.0 cm³/mol. The van der Waals surface area contributed by atoms with Crippen LogP contribution in [0.4, 0.5) is 11.4 Å². The van der Waals surface area contributed by atoms with Gasteiger partial charge in [0.15, 0.2) is 0 Å². The molecule has 0 amide bonds. The van der Waals surface area contributed by atoms with Crippen LogP contribution in [0.25, 0.3) is 0 Å². The summed E-state index contributed by atoms with van der Waals surface area (Å²) in [5.41, 5.74) is -0.384. The standard InChI is InChI=1S/C10H5ClN4O2/c11-8-2-1-3-9(10(8)15(16)17)14-6-7(4-12)5-13/h1-3,6,14H. The first-order valence-corrected chi connectivity index (χ1v) is 4.67. The Morgan fingerprint density at radius 3 is 2.65 bits per heavy atom. The number of halogens is 1. The molecule has 0 unspecified atom stereocenters. The molecule has 6 nitrogen and oxygen atoms in total. The second-order valence-corrected chi connectivity index (χ2v) is 3.23. The number of nitrogens with one attached hydrogen (secondary N) is 1. The molecule has 0 fully saturated rings. The van der Waals surface area contributed by atoms with Crippen molar-refractivity contribution in [2.24, 2.45) is 0 Å². The third-order valence-corrected chi connectivity index (χ3v) is 2.09. The maximum atomic E-state index is 10.8. The monoisotopic (exact) mass is 248 g/mol. The van der Waals surface area contributed by atoms with E-state index in [4.69, 9.17) is 22.1 Å². The summed E-state index contributed by atoms with van der Waals surface area (Å²) in [6.45, 7) is 0. The Morgan fingerprint density at radius 1 is 1.47 bits per heavy atom. The Labute approximate surface area is 101 Å². The Morgan fingerprint density at radius 2 is 2.12 bits per heavy atom. The molecule has 0 atom stereocenters. The molecule has 1 aromatic rings. The molecule has 0 spiro atoms. The van der Waals surface area contributed by atoms with Crippen LogP contribution in [0, 0.1) is 32.8 Å². The number of anilines is 1. The van der Waals surface area contributed by atoms with Gasteiger partial charge in [0, 0.05) is 6.20 Å². The molecule has 1 rings (SSSR count). The van der Waals surface area contributed by atoms with Crippen LogP contribution in [-0.2, 0) is 0 Å². The molecule has 0 saturated carbocycles. The van der Waals surface area contributed by atoms with Gasteiger partial charge in [0.2, 0.25) is 0 Å². The average molecular weight is 249 g/mol. The molecular weight excluding hydrogens is 244 g/mol. The molecule has 1 N–H and O–H groups in total. The van der Waals surface area contributed by atoms with Gasteiger partial charge in [-0.3, -0.25) is 10.1 Å². The zero-order chi connectivity index (χ0) is 12.8. The van der Waals surface area contributed by atoms with Gasteiger partial charge < -0.3 is 5.32 Å². The summed E-state index contributed by atoms with van der Waals surface area (Å²) in [5, 5.41) is 30.2. The minimum absolute atomic E-state index is 0.0242. The van der Waals surface area contributed by atoms with Gasteiger partial charge in [0.25, 0.3) is 0 Å². The van der Waals surface area contributed by atoms with Gasteiger partial charge >= 0.3 is 5.69 Å². The van der Waals surface area contributed by atoms with Gasteiger partial charge in [-0.1, -0.05) is 17.7 Å². The van der Waals surface area contributed by atoms with Crippen LogP contribution in [0.2, 0.25) is 5.02 Å². The topological polar surface area (TPSA) is 103 Å². The molecule has 0 bridgehead atoms. The van der Waals surface area contributed by atoms with Crippen LogP contribution in [0.15, 0.2) is 30.0 Å². The molecule has 0 aliphatic rings. The van der Waals surface area contributed by atoms with Gasteiger partial charge in [0.1, 0.15) is 28.4 Å². The summed E-state index contributed by atoms with van der Waals surface area (Å²) >= 11 is 5.68. The Kier molecular flexibility index (Phi) is 4.04. The van der Waals surface area contributed by atoms with E-state index in [1.807, 2.05) is 0 Å². The summed E-state index contributed by atoms with van der Waals surface area (Å²) < 4.78 is 0. The number of allylic oxidation sites excluding steroid dienone is 1. The number of nitrogens with zero attached hydrogens (tertiary/aromatic N) is 3. The van der Waals surface area contributed by atoms with E-state index in [-0.39, 0.29) is 22.0 Å². The van der Waals surface area contributed by atoms with E-state index in [0.29, 0.717) is 0 Å². The van der Waals surface area contributed by atoms with Gasteiger partial charge in [-0.2, -0.15) is 10.5 Å². The van der Waals surface area contributed by atoms with Crippen LogP contribution in [0.5, 0.6) is 0 Å². The average Bonchev–Trinajstić information content (AvgIpc) is 2.29. The summed E-state index contributed by atoms with van der Waals surface area (Å²) in [4.78, 5) is 10.1. The number of hydrogen-bond acceptors (Lipinski definition) is 5. The first-order valence-electron chi connectivity index (χ1n) is 4.30. The lowest BCUT2D eigenvalue weighted by atomic mass is 10.2. The normalized spacial score (nSPS) is 8.65. The van der Waals surface area contributed by atoms with Crippen molar-refractivity contribution in [3.05, 3.63) is 45.1 Å². The maximum Gasteiger partial charge on any atom is 0.311 e. The molecule has 7 heteroatoms. The van der Waals surface area contributed by atoms with Gasteiger partial charge in [-0.15, -0.1) is 0 Å². The van der Waals surface area contributed by atoms with Crippen molar-refractivity contribution in [1.29, 1.82) is 10.5 Å². The number of para-hydroxylation sites is 1. The van der Waals surface area contributed by atoms with Crippen molar-refractivity contribution in [2.75, 3.05) is 5.32 Å². The highest BCUT2D eigenvalue weighted by molar-refractivity contribution is 6.33. The fraction of sp³-hybridized carbons (Fsp3) is 0. The van der Waals surface area contributed by atoms with Crippen molar-refractivity contribution in [3.63, 3.8) is 0 Å². The van der Waals surface area contributed by atoms with E-state index in [9.17, 15) is 10.1 Å². The Hall–Kier alpha value is -2.57. The van der Waals surface area contributed by atoms with Crippen LogP contribution in [0.1, 0.15) is 0 Å². The van der Waals surface area contributed by atoms with Gasteiger partial charge in [-0.05, 0) is 12.1 Å². The fourth-order valence-corrected chi connectivity index (χ4v) is 1.30. The smallest absolute Gasteiger partial charge is 0.311 e. The van der Waals surface area contributed by atoms with E-state index in [1.165, 1.54) is 18.2 Å². The minimum atomic E-state index is -0.642. The predicted octanol–water partition coefficient (Wildman–Crippen LogP) is 2.59. The van der Waals surface area contributed by atoms with Gasteiger partial charge in [-0.25, -0.2) is 0 Å². The van der Waals surface area contributed by atoms with E-state index < -0.39 is 4.92 Å². The highest BCUT2D eigenvalue weighted by atomic mass is 35.5. The number of benzene rings is 1. The molecule has 0 heterocycles. The van der Waals surface area contributed by atoms with Crippen molar-refractivity contribution >= 4 is 23.0 Å². The van der Waals surface area contributed by atoms with Crippen molar-refractivity contribution < 1.29 is 4.92 Å². The largest absolute Gasteiger partial charge is 0.354 e. The molecule has 17 heavy (non-hydrogen) atoms. The number of nitro groups is 1. The van der Waals surface area contributed by atoms with E-state index >= 15 is 0 Å². The van der Waals surface area contributed by atoms with Gasteiger partial charge in [0.05, 0.1) is 4.92 Å². The summed E-state index contributed by atoms with van der Waals surface area (Å²) in [5.74, 6) is 0. The Balaban J connectivity index is 3.14. The molecule has 0 saturated heterocycles. The number of nitro benzene ring substituents is 1. The zero-order valence-electron chi connectivity index (χ0n) is 8.35. The minimum Gasteiger partial charge on any atom is -0.354 e. The maximum absolute atomic E-state index is 10.8. The number of hydrogen-bond donors (Lipinski definition) is 1. The fourth-order valence-electron chi connectivity index (χ4n) is 1.06. The molecule has 84 valence electrons. The quantitative estimate of drug-likeness (QED) is 0.503. The van der Waals surface area contributed by atoms with Crippen molar-refractivity contribution in [2.45, 2.75) is 0 Å². The second-order valence-electron chi connectivity index (χ2n) is 2.82. The van der Waals surface area contributed by atoms with Crippen LogP contribution >= 0.6 is 11.6 Å². The van der Waals surface area contributed by atoms with Crippen LogP contribution in [0.3, 0.4) is 0 Å². The van der Waals surface area contributed by atoms with Crippen molar-refractivity contribution in [3.8, 4) is 12.1 Å². The van der Waals surface area contributed by atoms with Crippen LogP contribution in [-0.4, -0.2) is 4.92 Å². The third kappa shape index (κ3) is 2.94. The van der Waals surface area contributed by atoms with E-state index in [0.717, 1.165) is 6.20 Å². The lowest BCUT2D eigenvalue weighted by molar-refractivity contribution is -0.383. The molecule has 1 aromatic carbocycles. The number of nitriles is 2. The van der Waals surface area contributed by atoms with Crippen molar-refractivity contribution in [1.82, 2.24) is 0 Å². The van der Waals surface area contributed by atoms with E-state index in [2.05, 4.69) is 5.32 Å². The highest BCUT2D eigenvalue weighted by Gasteiger charge is 2.17. The highest BCUT2D eigenvalue weighted by Crippen LogP contribution is 2.32. The lowest BCUT2D eigenvalue weighted by Crippen LogP contribution is -1.97. The first-order chi connectivity index (χ1) is 8.10. The second kappa shape index (κ2) is 5.50. The number of rotatable bonds is 3. The SMILES string of the molecule is N#CC(C#N)=CNc1cccc(Cl)c1[N+](=O)[O-].